The zero-order chi connectivity index (χ0) is 19.2. The Balaban J connectivity index is 0.00000280. The molecular weight excluding hydrogens is 382 g/mol. The van der Waals surface area contributed by atoms with E-state index in [1.165, 1.54) is 0 Å². The van der Waals surface area contributed by atoms with E-state index in [0.29, 0.717) is 25.9 Å². The van der Waals surface area contributed by atoms with Gasteiger partial charge in [-0.15, -0.1) is 12.4 Å². The van der Waals surface area contributed by atoms with Crippen LogP contribution in [0.5, 0.6) is 0 Å². The molecule has 2 saturated heterocycles. The van der Waals surface area contributed by atoms with Gasteiger partial charge in [0.15, 0.2) is 0 Å². The minimum Gasteiger partial charge on any atom is -0.480 e. The Kier molecular flexibility index (Phi) is 8.26. The molecule has 2 atom stereocenters. The average molecular weight is 410 g/mol. The molecule has 1 aromatic rings. The number of hydrogen-bond donors (Lipinski definition) is 3. The lowest BCUT2D eigenvalue weighted by Gasteiger charge is -2.33. The van der Waals surface area contributed by atoms with Crippen molar-refractivity contribution in [1.82, 2.24) is 15.5 Å². The monoisotopic (exact) mass is 409 g/mol. The van der Waals surface area contributed by atoms with Gasteiger partial charge in [-0.1, -0.05) is 30.3 Å². The van der Waals surface area contributed by atoms with Crippen molar-refractivity contribution < 1.29 is 19.5 Å². The number of benzene rings is 1. The second kappa shape index (κ2) is 10.4. The normalized spacial score (nSPS) is 20.9. The Morgan fingerprint density at radius 1 is 1.14 bits per heavy atom. The molecule has 2 amide bonds. The first-order valence-electron chi connectivity index (χ1n) is 9.64. The van der Waals surface area contributed by atoms with Crippen LogP contribution in [0.25, 0.3) is 0 Å². The van der Waals surface area contributed by atoms with Crippen molar-refractivity contribution >= 4 is 30.2 Å². The van der Waals surface area contributed by atoms with E-state index >= 15 is 0 Å². The maximum Gasteiger partial charge on any atom is 0.326 e. The van der Waals surface area contributed by atoms with Crippen molar-refractivity contribution in [3.63, 3.8) is 0 Å². The van der Waals surface area contributed by atoms with Gasteiger partial charge < -0.3 is 20.6 Å². The highest BCUT2D eigenvalue weighted by atomic mass is 35.5. The molecule has 0 unspecified atom stereocenters. The molecule has 8 heteroatoms. The number of carbonyl (C=O) groups is 3. The van der Waals surface area contributed by atoms with Gasteiger partial charge >= 0.3 is 5.97 Å². The molecule has 28 heavy (non-hydrogen) atoms. The molecule has 3 rings (SSSR count). The van der Waals surface area contributed by atoms with E-state index in [1.807, 2.05) is 35.2 Å². The Bertz CT molecular complexity index is 671. The first-order valence-corrected chi connectivity index (χ1v) is 9.64. The summed E-state index contributed by atoms with van der Waals surface area (Å²) in [5.74, 6) is -1.39. The largest absolute Gasteiger partial charge is 0.480 e. The molecule has 2 fully saturated rings. The molecule has 2 aliphatic heterocycles. The Labute approximate surface area is 171 Å². The number of aliphatic carboxylic acids is 1. The molecule has 1 aromatic carbocycles. The van der Waals surface area contributed by atoms with Crippen LogP contribution < -0.4 is 10.6 Å². The predicted molar refractivity (Wildman–Crippen MR) is 107 cm³/mol. The van der Waals surface area contributed by atoms with Gasteiger partial charge in [0.1, 0.15) is 6.04 Å². The average Bonchev–Trinajstić information content (AvgIpc) is 3.22. The number of amides is 2. The summed E-state index contributed by atoms with van der Waals surface area (Å²) in [6.07, 6.45) is 3.29. The zero-order valence-electron chi connectivity index (χ0n) is 15.8. The molecule has 2 aliphatic rings. The third-order valence-electron chi connectivity index (χ3n) is 5.43. The summed E-state index contributed by atoms with van der Waals surface area (Å²) >= 11 is 0. The predicted octanol–water partition coefficient (Wildman–Crippen LogP) is 1.21. The molecule has 0 bridgehead atoms. The Morgan fingerprint density at radius 3 is 2.39 bits per heavy atom. The Morgan fingerprint density at radius 2 is 1.82 bits per heavy atom. The summed E-state index contributed by atoms with van der Waals surface area (Å²) in [5, 5.41) is 15.3. The van der Waals surface area contributed by atoms with Crippen LogP contribution in [-0.4, -0.2) is 59.5 Å². The van der Waals surface area contributed by atoms with E-state index in [-0.39, 0.29) is 42.6 Å². The van der Waals surface area contributed by atoms with Crippen molar-refractivity contribution in [3.8, 4) is 0 Å². The van der Waals surface area contributed by atoms with Crippen LogP contribution in [0.2, 0.25) is 0 Å². The van der Waals surface area contributed by atoms with Crippen molar-refractivity contribution in [2.24, 2.45) is 5.92 Å². The van der Waals surface area contributed by atoms with Crippen LogP contribution in [0.15, 0.2) is 30.3 Å². The van der Waals surface area contributed by atoms with Crippen molar-refractivity contribution in [2.75, 3.05) is 19.6 Å². The minimum atomic E-state index is -1.04. The van der Waals surface area contributed by atoms with E-state index in [0.717, 1.165) is 24.9 Å². The number of carboxylic acids is 1. The fraction of sp³-hybridized carbons (Fsp3) is 0.550. The number of nitrogens with one attached hydrogen (secondary N) is 2. The first kappa shape index (κ1) is 22.2. The molecule has 0 aliphatic carbocycles. The topological polar surface area (TPSA) is 98.7 Å². The summed E-state index contributed by atoms with van der Waals surface area (Å²) < 4.78 is 0. The third-order valence-corrected chi connectivity index (χ3v) is 5.43. The highest BCUT2D eigenvalue weighted by Gasteiger charge is 2.33. The fourth-order valence-electron chi connectivity index (χ4n) is 3.82. The van der Waals surface area contributed by atoms with E-state index in [2.05, 4.69) is 10.6 Å². The van der Waals surface area contributed by atoms with E-state index < -0.39 is 12.0 Å². The van der Waals surface area contributed by atoms with Gasteiger partial charge in [0.25, 0.3) is 0 Å². The Hall–Kier alpha value is -2.12. The van der Waals surface area contributed by atoms with E-state index in [1.54, 1.807) is 0 Å². The number of carbonyl (C=O) groups excluding carboxylic acids is 2. The van der Waals surface area contributed by atoms with Crippen molar-refractivity contribution in [2.45, 2.75) is 44.2 Å². The summed E-state index contributed by atoms with van der Waals surface area (Å²) in [4.78, 5) is 38.3. The molecule has 154 valence electrons. The molecule has 7 nitrogen and oxygen atoms in total. The van der Waals surface area contributed by atoms with Gasteiger partial charge in [-0.3, -0.25) is 9.59 Å². The highest BCUT2D eigenvalue weighted by Crippen LogP contribution is 2.20. The molecule has 3 N–H and O–H groups in total. The molecule has 0 aromatic heterocycles. The van der Waals surface area contributed by atoms with Crippen LogP contribution in [0.4, 0.5) is 0 Å². The lowest BCUT2D eigenvalue weighted by Crippen LogP contribution is -2.50. The lowest BCUT2D eigenvalue weighted by atomic mass is 9.94. The highest BCUT2D eigenvalue weighted by molar-refractivity contribution is 5.86. The van der Waals surface area contributed by atoms with Crippen molar-refractivity contribution in [1.29, 1.82) is 0 Å². The molecule has 0 spiro atoms. The molecule has 2 heterocycles. The summed E-state index contributed by atoms with van der Waals surface area (Å²) in [6, 6.07) is 8.24. The number of rotatable bonds is 6. The summed E-state index contributed by atoms with van der Waals surface area (Å²) in [6.45, 7) is 1.98. The lowest BCUT2D eigenvalue weighted by molar-refractivity contribution is -0.143. The smallest absolute Gasteiger partial charge is 0.326 e. The van der Waals surface area contributed by atoms with Crippen LogP contribution in [-0.2, 0) is 20.8 Å². The SMILES string of the molecule is Cl.O=C(N[C@@H](Cc1ccccc1)C(=O)O)C1CCN(C(=O)[C@@H]2CCCN2)CC1. The van der Waals surface area contributed by atoms with Gasteiger partial charge in [-0.2, -0.15) is 0 Å². The third kappa shape index (κ3) is 5.69. The van der Waals surface area contributed by atoms with Gasteiger partial charge in [-0.05, 0) is 37.8 Å². The quantitative estimate of drug-likeness (QED) is 0.656. The maximum absolute atomic E-state index is 12.5. The van der Waals surface area contributed by atoms with Crippen LogP contribution in [0, 0.1) is 5.92 Å². The van der Waals surface area contributed by atoms with Gasteiger partial charge in [0, 0.05) is 25.4 Å². The number of halogens is 1. The van der Waals surface area contributed by atoms with Crippen LogP contribution in [0.3, 0.4) is 0 Å². The summed E-state index contributed by atoms with van der Waals surface area (Å²) in [5.41, 5.74) is 0.870. The van der Waals surface area contributed by atoms with Gasteiger partial charge in [-0.25, -0.2) is 4.79 Å². The molecular formula is C20H28ClN3O4. The van der Waals surface area contributed by atoms with Gasteiger partial charge in [0.2, 0.25) is 11.8 Å². The van der Waals surface area contributed by atoms with Crippen molar-refractivity contribution in [3.05, 3.63) is 35.9 Å². The number of nitrogens with zero attached hydrogens (tertiary/aromatic N) is 1. The molecule has 0 radical (unpaired) electrons. The van der Waals surface area contributed by atoms with Crippen LogP contribution >= 0.6 is 12.4 Å². The van der Waals surface area contributed by atoms with E-state index in [9.17, 15) is 19.5 Å². The van der Waals surface area contributed by atoms with E-state index in [4.69, 9.17) is 0 Å². The van der Waals surface area contributed by atoms with Gasteiger partial charge in [0.05, 0.1) is 6.04 Å². The maximum atomic E-state index is 12.5. The molecule has 0 saturated carbocycles. The number of piperidine rings is 1. The standard InChI is InChI=1S/C20H27N3O4.ClH/c24-18(22-17(20(26)27)13-14-5-2-1-3-6-14)15-8-11-23(12-9-15)19(25)16-7-4-10-21-16;/h1-3,5-6,15-17,21H,4,7-13H2,(H,22,24)(H,26,27);1H/t16-,17-;/m0./s1. The van der Waals surface area contributed by atoms with Crippen LogP contribution in [0.1, 0.15) is 31.2 Å². The first-order chi connectivity index (χ1) is 13.0. The zero-order valence-corrected chi connectivity index (χ0v) is 16.6. The second-order valence-electron chi connectivity index (χ2n) is 7.34. The number of hydrogen-bond acceptors (Lipinski definition) is 4. The summed E-state index contributed by atoms with van der Waals surface area (Å²) in [7, 11) is 0. The number of carboxylic acid groups (broad SMARTS) is 1. The minimum absolute atomic E-state index is 0. The second-order valence-corrected chi connectivity index (χ2v) is 7.34. The fourth-order valence-corrected chi connectivity index (χ4v) is 3.82. The number of likely N-dealkylation sites (tertiary alicyclic amines) is 1.